The van der Waals surface area contributed by atoms with Crippen molar-refractivity contribution in [3.63, 3.8) is 0 Å². The number of phenolic OH excluding ortho intramolecular Hbond substituents is 1. The molecule has 11 heteroatoms. The normalized spacial score (nSPS) is 10.3. The van der Waals surface area contributed by atoms with Gasteiger partial charge in [-0.3, -0.25) is 0 Å². The van der Waals surface area contributed by atoms with E-state index in [4.69, 9.17) is 35.1 Å². The molecule has 0 saturated carbocycles. The summed E-state index contributed by atoms with van der Waals surface area (Å²) < 4.78 is 15.6. The Kier molecular flexibility index (Phi) is 17.4. The lowest BCUT2D eigenvalue weighted by molar-refractivity contribution is -0.0164. The molecule has 0 aromatic heterocycles. The summed E-state index contributed by atoms with van der Waals surface area (Å²) in [5, 5.41) is 34.1. The van der Waals surface area contributed by atoms with Crippen LogP contribution in [0.4, 0.5) is 0 Å². The summed E-state index contributed by atoms with van der Waals surface area (Å²) in [6.45, 7) is 0.908. The number of nitrogens with zero attached hydrogens (tertiary/aromatic N) is 3. The van der Waals surface area contributed by atoms with Gasteiger partial charge in [0, 0.05) is 5.56 Å². The quantitative estimate of drug-likeness (QED) is 0.287. The standard InChI is InChI=1S/C10H9NO2.C9H9NO.C8H7NO.BBr3/c11-4-3-8-1-2-9-6-12-7-13-10(9)5-8;1-11-9-4-2-3-8(7-9)5-6-10;9-5-4-7-2-1-3-8(10)6-7;2-1(3)4/h1-2,5H,3,6-7H2;2-4,7H,5H2,1H3;1-3,6,10H,4H2;/p+1. The second kappa shape index (κ2) is 20.0. The topological polar surface area (TPSA) is 119 Å². The van der Waals surface area contributed by atoms with Crippen molar-refractivity contribution in [1.29, 1.82) is 15.8 Å². The van der Waals surface area contributed by atoms with E-state index in [0.717, 1.165) is 33.8 Å². The zero-order valence-electron chi connectivity index (χ0n) is 21.6. The van der Waals surface area contributed by atoms with Crippen LogP contribution in [0.15, 0.2) is 66.7 Å². The van der Waals surface area contributed by atoms with Crippen molar-refractivity contribution in [2.75, 3.05) is 13.9 Å². The third-order valence-corrected chi connectivity index (χ3v) is 4.58. The van der Waals surface area contributed by atoms with Crippen molar-refractivity contribution in [3.05, 3.63) is 89.0 Å². The number of rotatable bonds is 4. The number of fused-ring (bicyclic) bond motifs is 1. The van der Waals surface area contributed by atoms with E-state index in [9.17, 15) is 0 Å². The minimum Gasteiger partial charge on any atom is -0.508 e. The number of methoxy groups -OCH3 is 1. The summed E-state index contributed by atoms with van der Waals surface area (Å²) in [5.41, 5.74) is 3.88. The van der Waals surface area contributed by atoms with Crippen molar-refractivity contribution >= 4 is 50.5 Å². The Morgan fingerprint density at radius 2 is 1.42 bits per heavy atom. The van der Waals surface area contributed by atoms with Gasteiger partial charge in [0.05, 0.1) is 51.2 Å². The molecule has 3 aromatic carbocycles. The van der Waals surface area contributed by atoms with E-state index in [0.29, 0.717) is 32.7 Å². The number of phenols is 1. The molecule has 0 radical (unpaired) electrons. The van der Waals surface area contributed by atoms with E-state index in [2.05, 4.69) is 59.4 Å². The molecule has 38 heavy (non-hydrogen) atoms. The van der Waals surface area contributed by atoms with E-state index < -0.39 is 0 Å². The Hall–Kier alpha value is -3.01. The summed E-state index contributed by atoms with van der Waals surface area (Å²) in [6.07, 6.45) is 1.23. The number of hydrogen-bond donors (Lipinski definition) is 1. The first-order valence-electron chi connectivity index (χ1n) is 11.1. The van der Waals surface area contributed by atoms with Crippen LogP contribution in [-0.4, -0.2) is 22.2 Å². The van der Waals surface area contributed by atoms with Gasteiger partial charge in [-0.1, -0.05) is 36.4 Å². The first-order valence-corrected chi connectivity index (χ1v) is 13.8. The molecule has 0 bridgehead atoms. The molecular formula is C27H26BBr3N3O4+. The van der Waals surface area contributed by atoms with Crippen molar-refractivity contribution in [2.45, 2.75) is 25.9 Å². The van der Waals surface area contributed by atoms with Gasteiger partial charge >= 0.3 is 4.61 Å². The van der Waals surface area contributed by atoms with Crippen molar-refractivity contribution in [2.24, 2.45) is 0 Å². The van der Waals surface area contributed by atoms with Crippen LogP contribution in [-0.2, 0) is 30.6 Å². The predicted octanol–water partition coefficient (Wildman–Crippen LogP) is 7.11. The van der Waals surface area contributed by atoms with Gasteiger partial charge < -0.3 is 19.3 Å². The Labute approximate surface area is 250 Å². The fraction of sp³-hybridized carbons (Fsp3) is 0.222. The minimum atomic E-state index is 0. The molecule has 0 atom stereocenters. The number of halogens is 3. The number of benzene rings is 3. The summed E-state index contributed by atoms with van der Waals surface area (Å²) >= 11 is 9.31. The first kappa shape index (κ1) is 33.0. The molecule has 7 nitrogen and oxygen atoms in total. The molecule has 196 valence electrons. The monoisotopic (exact) mass is 704 g/mol. The van der Waals surface area contributed by atoms with Gasteiger partial charge in [0.2, 0.25) is 0 Å². The highest BCUT2D eigenvalue weighted by Crippen LogP contribution is 2.24. The summed E-state index contributed by atoms with van der Waals surface area (Å²) in [6, 6.07) is 26.2. The second-order valence-corrected chi connectivity index (χ2v) is 13.8. The molecule has 1 N–H and O–H groups in total. The first-order chi connectivity index (χ1) is 18.3. The second-order valence-electron chi connectivity index (χ2n) is 7.33. The zero-order valence-corrected chi connectivity index (χ0v) is 25.4. The van der Waals surface area contributed by atoms with Crippen LogP contribution < -0.4 is 9.47 Å². The third-order valence-electron chi connectivity index (χ3n) is 4.58. The minimum absolute atomic E-state index is 0. The zero-order chi connectivity index (χ0) is 28.2. The number of hydrogen-bond acceptors (Lipinski definition) is 7. The van der Waals surface area contributed by atoms with Gasteiger partial charge in [0.1, 0.15) is 17.2 Å². The fourth-order valence-corrected chi connectivity index (χ4v) is 2.94. The molecule has 0 aliphatic carbocycles. The van der Waals surface area contributed by atoms with Crippen LogP contribution >= 0.6 is 47.3 Å². The Balaban J connectivity index is 0.000000518. The largest absolute Gasteiger partial charge is 1.00 e. The maximum absolute atomic E-state index is 8.93. The fourth-order valence-electron chi connectivity index (χ4n) is 2.94. The molecule has 0 saturated heterocycles. The van der Waals surface area contributed by atoms with Crippen LogP contribution in [0.3, 0.4) is 0 Å². The van der Waals surface area contributed by atoms with Gasteiger partial charge in [-0.25, -0.2) is 0 Å². The van der Waals surface area contributed by atoms with Crippen LogP contribution in [0.5, 0.6) is 17.2 Å². The van der Waals surface area contributed by atoms with Gasteiger partial charge in [-0.15, -0.1) is 47.3 Å². The molecule has 0 amide bonds. The molecular weight excluding hydrogens is 681 g/mol. The Morgan fingerprint density at radius 1 is 0.868 bits per heavy atom. The van der Waals surface area contributed by atoms with Crippen molar-refractivity contribution < 1.29 is 20.7 Å². The highest BCUT2D eigenvalue weighted by Gasteiger charge is 2.10. The molecule has 1 aliphatic heterocycles. The average Bonchev–Trinajstić information content (AvgIpc) is 2.90. The molecule has 4 rings (SSSR count). The maximum Gasteiger partial charge on any atom is 1.00 e. The molecule has 1 heterocycles. The Bertz CT molecular complexity index is 1260. The highest BCUT2D eigenvalue weighted by molar-refractivity contribution is 9.69. The summed E-state index contributed by atoms with van der Waals surface area (Å²) in [5.74, 6) is 1.87. The number of ether oxygens (including phenoxy) is 3. The lowest BCUT2D eigenvalue weighted by atomic mass is 10.1. The van der Waals surface area contributed by atoms with Gasteiger partial charge in [-0.2, -0.15) is 15.8 Å². The van der Waals surface area contributed by atoms with E-state index in [1.54, 1.807) is 25.3 Å². The smallest absolute Gasteiger partial charge is 0.508 e. The molecule has 3 aromatic rings. The van der Waals surface area contributed by atoms with Crippen LogP contribution in [0.1, 0.15) is 23.7 Å². The lowest BCUT2D eigenvalue weighted by Gasteiger charge is -2.17. The van der Waals surface area contributed by atoms with E-state index in [-0.39, 0.29) is 10.4 Å². The SMILES string of the molecule is BrB(Br)Br.COc1cccc(CC#N)c1.N#CCc1ccc2c(c1)OCOC2.N#CCc1cccc(O)c1.[H+]. The van der Waals surface area contributed by atoms with Gasteiger partial charge in [0.25, 0.3) is 0 Å². The lowest BCUT2D eigenvalue weighted by Crippen LogP contribution is -2.11. The van der Waals surface area contributed by atoms with E-state index in [1.807, 2.05) is 54.6 Å². The van der Waals surface area contributed by atoms with Gasteiger partial charge in [0.15, 0.2) is 6.79 Å². The van der Waals surface area contributed by atoms with Gasteiger partial charge in [-0.05, 0) is 47.0 Å². The van der Waals surface area contributed by atoms with Crippen LogP contribution in [0, 0.1) is 34.0 Å². The predicted molar refractivity (Wildman–Crippen MR) is 159 cm³/mol. The number of aromatic hydroxyl groups is 1. The van der Waals surface area contributed by atoms with Crippen LogP contribution in [0.2, 0.25) is 0 Å². The summed E-state index contributed by atoms with van der Waals surface area (Å²) in [7, 11) is 1.62. The average molecular weight is 707 g/mol. The van der Waals surface area contributed by atoms with E-state index in [1.165, 1.54) is 0 Å². The molecule has 1 aliphatic rings. The molecule has 0 unspecified atom stereocenters. The van der Waals surface area contributed by atoms with Crippen LogP contribution in [0.25, 0.3) is 0 Å². The highest BCUT2D eigenvalue weighted by atomic mass is 79.9. The van der Waals surface area contributed by atoms with E-state index >= 15 is 0 Å². The molecule has 0 fully saturated rings. The summed E-state index contributed by atoms with van der Waals surface area (Å²) in [4.78, 5) is 0. The van der Waals surface area contributed by atoms with Crippen molar-refractivity contribution in [3.8, 4) is 35.5 Å². The van der Waals surface area contributed by atoms with Crippen molar-refractivity contribution in [1.82, 2.24) is 0 Å². The number of nitriles is 3. The maximum atomic E-state index is 8.93. The third kappa shape index (κ3) is 14.7. The Morgan fingerprint density at radius 3 is 1.97 bits per heavy atom. The molecule has 0 spiro atoms.